The van der Waals surface area contributed by atoms with Gasteiger partial charge in [0.15, 0.2) is 0 Å². The van der Waals surface area contributed by atoms with Crippen molar-refractivity contribution in [2.45, 2.75) is 29.6 Å². The van der Waals surface area contributed by atoms with E-state index in [1.807, 2.05) is 0 Å². The van der Waals surface area contributed by atoms with Gasteiger partial charge in [-0.1, -0.05) is 42.2 Å². The topological polar surface area (TPSA) is 0 Å². The molecular weight excluding hydrogens is 263 g/mol. The Morgan fingerprint density at radius 3 is 2.00 bits per heavy atom. The van der Waals surface area contributed by atoms with E-state index in [0.29, 0.717) is 0 Å². The summed E-state index contributed by atoms with van der Waals surface area (Å²) in [5.41, 5.74) is 0. The Morgan fingerprint density at radius 2 is 1.89 bits per heavy atom. The third-order valence-corrected chi connectivity index (χ3v) is 9.92. The first kappa shape index (κ1) is 10.2. The van der Waals surface area contributed by atoms with Crippen LogP contribution in [-0.4, -0.2) is 17.5 Å². The van der Waals surface area contributed by atoms with Gasteiger partial charge >= 0.3 is 0 Å². The number of hydrogen-bond acceptors (Lipinski definition) is 0. The van der Waals surface area contributed by atoms with Crippen LogP contribution < -0.4 is 0 Å². The van der Waals surface area contributed by atoms with E-state index >= 15 is 0 Å². The highest BCUT2D eigenvalue weighted by molar-refractivity contribution is 14.1. The van der Waals surface area contributed by atoms with E-state index in [9.17, 15) is 0 Å². The van der Waals surface area contributed by atoms with E-state index in [1.54, 1.807) is 0 Å². The Bertz CT molecular complexity index is 79.6. The Hall–Kier alpha value is 1.24. The van der Waals surface area contributed by atoms with Crippen LogP contribution in [0.2, 0.25) is 19.6 Å². The maximum absolute atomic E-state index is 5.62. The molecule has 0 fully saturated rings. The van der Waals surface area contributed by atoms with E-state index in [4.69, 9.17) is 11.6 Å². The van der Waals surface area contributed by atoms with Gasteiger partial charge in [-0.2, -0.15) is 0 Å². The van der Waals surface area contributed by atoms with Gasteiger partial charge in [0.1, 0.15) is 0 Å². The van der Waals surface area contributed by atoms with Gasteiger partial charge < -0.3 is 0 Å². The fourth-order valence-electron chi connectivity index (χ4n) is 0.529. The minimum atomic E-state index is -0.879. The summed E-state index contributed by atoms with van der Waals surface area (Å²) in [6, 6.07) is 0. The van der Waals surface area contributed by atoms with Gasteiger partial charge in [-0.3, -0.25) is 0 Å². The standard InChI is InChI=1S/C6H14ClISi/c1-9(2,3)6(8)4-5-7/h6H,4-5H2,1-3H3. The fourth-order valence-corrected chi connectivity index (χ4v) is 2.62. The summed E-state index contributed by atoms with van der Waals surface area (Å²) in [4.78, 5) is 0. The first-order valence-electron chi connectivity index (χ1n) is 3.18. The van der Waals surface area contributed by atoms with E-state index in [-0.39, 0.29) is 0 Å². The molecule has 1 unspecified atom stereocenters. The lowest BCUT2D eigenvalue weighted by molar-refractivity contribution is 1.05. The molecule has 0 nitrogen and oxygen atoms in total. The Kier molecular flexibility index (Phi) is 4.76. The average Bonchev–Trinajstić information content (AvgIpc) is 1.64. The van der Waals surface area contributed by atoms with Crippen LogP contribution in [0.3, 0.4) is 0 Å². The van der Waals surface area contributed by atoms with Crippen LogP contribution in [0.5, 0.6) is 0 Å². The van der Waals surface area contributed by atoms with Crippen molar-refractivity contribution in [3.8, 4) is 0 Å². The third-order valence-electron chi connectivity index (χ3n) is 1.30. The molecule has 0 aromatic rings. The van der Waals surface area contributed by atoms with E-state index < -0.39 is 8.07 Å². The summed E-state index contributed by atoms with van der Waals surface area (Å²) in [7, 11) is -0.879. The maximum atomic E-state index is 5.62. The van der Waals surface area contributed by atoms with Crippen molar-refractivity contribution >= 4 is 42.3 Å². The first-order chi connectivity index (χ1) is 3.98. The molecule has 0 aliphatic heterocycles. The molecule has 0 saturated carbocycles. The van der Waals surface area contributed by atoms with E-state index in [1.165, 1.54) is 6.42 Å². The largest absolute Gasteiger partial charge is 0.127 e. The lowest BCUT2D eigenvalue weighted by atomic mass is 10.6. The van der Waals surface area contributed by atoms with Gasteiger partial charge in [-0.05, 0) is 6.42 Å². The number of hydrogen-bond donors (Lipinski definition) is 0. The highest BCUT2D eigenvalue weighted by Gasteiger charge is 2.22. The van der Waals surface area contributed by atoms with Gasteiger partial charge in [-0.15, -0.1) is 11.6 Å². The number of alkyl halides is 2. The molecule has 56 valence electrons. The van der Waals surface area contributed by atoms with Crippen molar-refractivity contribution in [2.75, 3.05) is 5.88 Å². The molecule has 0 amide bonds. The Labute approximate surface area is 77.5 Å². The molecule has 0 radical (unpaired) electrons. The van der Waals surface area contributed by atoms with Crippen LogP contribution in [0.15, 0.2) is 0 Å². The summed E-state index contributed by atoms with van der Waals surface area (Å²) < 4.78 is 0.840. The molecule has 0 N–H and O–H groups in total. The predicted molar refractivity (Wildman–Crippen MR) is 56.5 cm³/mol. The van der Waals surface area contributed by atoms with Gasteiger partial charge in [0.05, 0.1) is 8.07 Å². The van der Waals surface area contributed by atoms with Crippen molar-refractivity contribution in [3.05, 3.63) is 0 Å². The molecule has 0 rings (SSSR count). The molecular formula is C6H14ClISi. The van der Waals surface area contributed by atoms with Gasteiger partial charge in [0, 0.05) is 9.43 Å². The van der Waals surface area contributed by atoms with Crippen LogP contribution in [-0.2, 0) is 0 Å². The molecule has 0 heterocycles. The van der Waals surface area contributed by atoms with Gasteiger partial charge in [-0.25, -0.2) is 0 Å². The SMILES string of the molecule is C[Si](C)(C)C(I)CCCl. The van der Waals surface area contributed by atoms with Gasteiger partial charge in [0.2, 0.25) is 0 Å². The molecule has 0 bridgehead atoms. The smallest absolute Gasteiger partial charge is 0.0586 e. The zero-order valence-electron chi connectivity index (χ0n) is 6.25. The molecule has 1 atom stereocenters. The molecule has 0 aliphatic rings. The second-order valence-electron chi connectivity index (χ2n) is 3.31. The summed E-state index contributed by atoms with van der Waals surface area (Å²) in [5.74, 6) is 0.817. The fraction of sp³-hybridized carbons (Fsp3) is 1.00. The number of rotatable bonds is 3. The molecule has 9 heavy (non-hydrogen) atoms. The quantitative estimate of drug-likeness (QED) is 0.421. The summed E-state index contributed by atoms with van der Waals surface area (Å²) >= 11 is 8.15. The van der Waals surface area contributed by atoms with E-state index in [0.717, 1.165) is 9.43 Å². The minimum Gasteiger partial charge on any atom is -0.127 e. The van der Waals surface area contributed by atoms with Crippen LogP contribution in [0.25, 0.3) is 0 Å². The van der Waals surface area contributed by atoms with Crippen LogP contribution in [0.4, 0.5) is 0 Å². The summed E-state index contributed by atoms with van der Waals surface area (Å²) in [6.45, 7) is 7.16. The van der Waals surface area contributed by atoms with Crippen LogP contribution >= 0.6 is 34.2 Å². The second-order valence-corrected chi connectivity index (χ2v) is 11.8. The molecule has 0 spiro atoms. The van der Waals surface area contributed by atoms with Gasteiger partial charge in [0.25, 0.3) is 0 Å². The van der Waals surface area contributed by atoms with Crippen molar-refractivity contribution in [1.82, 2.24) is 0 Å². The highest BCUT2D eigenvalue weighted by atomic mass is 127. The predicted octanol–water partition coefficient (Wildman–Crippen LogP) is 3.30. The minimum absolute atomic E-state index is 0.817. The van der Waals surface area contributed by atoms with Crippen molar-refractivity contribution in [1.29, 1.82) is 0 Å². The average molecular weight is 277 g/mol. The molecule has 0 aromatic carbocycles. The molecule has 3 heteroatoms. The molecule has 0 aliphatic carbocycles. The third kappa shape index (κ3) is 4.62. The van der Waals surface area contributed by atoms with Crippen LogP contribution in [0.1, 0.15) is 6.42 Å². The lowest BCUT2D eigenvalue weighted by Crippen LogP contribution is -2.33. The monoisotopic (exact) mass is 276 g/mol. The second kappa shape index (κ2) is 4.19. The normalized spacial score (nSPS) is 15.7. The first-order valence-corrected chi connectivity index (χ1v) is 8.54. The molecule has 0 aromatic heterocycles. The maximum Gasteiger partial charge on any atom is 0.0586 e. The highest BCUT2D eigenvalue weighted by Crippen LogP contribution is 2.20. The van der Waals surface area contributed by atoms with Crippen LogP contribution in [0, 0.1) is 0 Å². The molecule has 0 saturated heterocycles. The van der Waals surface area contributed by atoms with Crippen molar-refractivity contribution < 1.29 is 0 Å². The summed E-state index contributed by atoms with van der Waals surface area (Å²) in [6.07, 6.45) is 1.18. The summed E-state index contributed by atoms with van der Waals surface area (Å²) in [5, 5.41) is 0. The zero-order chi connectivity index (χ0) is 7.49. The van der Waals surface area contributed by atoms with Crippen molar-refractivity contribution in [3.63, 3.8) is 0 Å². The lowest BCUT2D eigenvalue weighted by Gasteiger charge is -2.22. The Balaban J connectivity index is 3.59. The number of halogens is 2. The Morgan fingerprint density at radius 1 is 1.44 bits per heavy atom. The van der Waals surface area contributed by atoms with Crippen molar-refractivity contribution in [2.24, 2.45) is 0 Å². The zero-order valence-corrected chi connectivity index (χ0v) is 10.2. The van der Waals surface area contributed by atoms with E-state index in [2.05, 4.69) is 42.2 Å².